The first-order valence-corrected chi connectivity index (χ1v) is 15.0. The minimum atomic E-state index is -3.49. The summed E-state index contributed by atoms with van der Waals surface area (Å²) < 4.78 is 24.3. The van der Waals surface area contributed by atoms with Crippen molar-refractivity contribution in [2.45, 2.75) is 51.9 Å². The Morgan fingerprint density at radius 3 is 2.24 bits per heavy atom. The summed E-state index contributed by atoms with van der Waals surface area (Å²) in [5.74, 6) is 0.509. The van der Waals surface area contributed by atoms with E-state index in [0.29, 0.717) is 11.4 Å². The van der Waals surface area contributed by atoms with Gasteiger partial charge in [0.25, 0.3) is 0 Å². The maximum atomic E-state index is 11.7. The molecule has 4 rings (SSSR count). The van der Waals surface area contributed by atoms with E-state index in [1.54, 1.807) is 0 Å². The monoisotopic (exact) mass is 540 g/mol. The number of rotatable bonds is 10. The number of benzene rings is 2. The van der Waals surface area contributed by atoms with Crippen molar-refractivity contribution >= 4 is 33.3 Å². The molecule has 1 aliphatic rings. The number of aromatic nitrogens is 2. The zero-order valence-corrected chi connectivity index (χ0v) is 22.9. The highest BCUT2D eigenvalue weighted by Crippen LogP contribution is 2.35. The fourth-order valence-corrected chi connectivity index (χ4v) is 5.21. The van der Waals surface area contributed by atoms with Crippen LogP contribution in [-0.4, -0.2) is 43.6 Å². The van der Waals surface area contributed by atoms with E-state index >= 15 is 0 Å². The number of halogens is 1. The summed E-state index contributed by atoms with van der Waals surface area (Å²) in [4.78, 5) is 24.3. The van der Waals surface area contributed by atoms with Gasteiger partial charge >= 0.3 is 0 Å². The first-order chi connectivity index (χ1) is 17.7. The summed E-state index contributed by atoms with van der Waals surface area (Å²) in [6.07, 6.45) is 6.59. The van der Waals surface area contributed by atoms with Gasteiger partial charge in [-0.25, -0.2) is 18.4 Å². The molecule has 3 aromatic rings. The van der Waals surface area contributed by atoms with Crippen molar-refractivity contribution in [3.05, 3.63) is 64.8 Å². The first-order valence-electron chi connectivity index (χ1n) is 12.7. The topological polar surface area (TPSA) is 92.3 Å². The van der Waals surface area contributed by atoms with E-state index < -0.39 is 15.9 Å². The molecule has 0 bridgehead atoms. The van der Waals surface area contributed by atoms with E-state index in [4.69, 9.17) is 21.6 Å². The Bertz CT molecular complexity index is 1340. The van der Waals surface area contributed by atoms with Crippen LogP contribution in [0.1, 0.15) is 49.8 Å². The van der Waals surface area contributed by atoms with Gasteiger partial charge in [0.05, 0.1) is 23.3 Å². The number of unbranched alkanes of at least 4 members (excludes halogenated alkanes) is 3. The predicted octanol–water partition coefficient (Wildman–Crippen LogP) is 5.55. The highest BCUT2D eigenvalue weighted by atomic mass is 35.5. The Kier molecular flexibility index (Phi) is 8.82. The molecule has 0 fully saturated rings. The third-order valence-corrected chi connectivity index (χ3v) is 7.26. The molecule has 0 unspecified atom stereocenters. The van der Waals surface area contributed by atoms with Gasteiger partial charge in [-0.3, -0.25) is 9.52 Å². The second kappa shape index (κ2) is 12.0. The molecule has 1 N–H and O–H groups in total. The van der Waals surface area contributed by atoms with Crippen molar-refractivity contribution in [2.75, 3.05) is 24.2 Å². The SMILES string of the molecule is Cc1ccc(-c2nc3c(nc2-c2ccc(Cl)cc2)CCCN3CCCCCCC(=O)NS(C)(=O)=O)cc1. The van der Waals surface area contributed by atoms with Gasteiger partial charge in [-0.1, -0.05) is 66.4 Å². The summed E-state index contributed by atoms with van der Waals surface area (Å²) in [5.41, 5.74) is 5.97. The third kappa shape index (κ3) is 7.52. The summed E-state index contributed by atoms with van der Waals surface area (Å²) >= 11 is 6.14. The maximum Gasteiger partial charge on any atom is 0.233 e. The Labute approximate surface area is 224 Å². The molecule has 0 aliphatic carbocycles. The lowest BCUT2D eigenvalue weighted by Crippen LogP contribution is -2.32. The van der Waals surface area contributed by atoms with Gasteiger partial charge in [-0.15, -0.1) is 0 Å². The zero-order valence-electron chi connectivity index (χ0n) is 21.3. The van der Waals surface area contributed by atoms with E-state index in [2.05, 4.69) is 36.1 Å². The average molecular weight is 541 g/mol. The number of carbonyl (C=O) groups excluding carboxylic acids is 1. The number of hydrogen-bond donors (Lipinski definition) is 1. The lowest BCUT2D eigenvalue weighted by atomic mass is 10.0. The number of aryl methyl sites for hydroxylation is 2. The molecular formula is C28H33ClN4O3S. The van der Waals surface area contributed by atoms with Gasteiger partial charge in [0.15, 0.2) is 5.82 Å². The fraction of sp³-hybridized carbons (Fsp3) is 0.393. The van der Waals surface area contributed by atoms with E-state index in [1.807, 2.05) is 29.0 Å². The van der Waals surface area contributed by atoms with Crippen molar-refractivity contribution in [2.24, 2.45) is 0 Å². The van der Waals surface area contributed by atoms with Crippen LogP contribution in [0.15, 0.2) is 48.5 Å². The second-order valence-electron chi connectivity index (χ2n) is 9.62. The average Bonchev–Trinajstić information content (AvgIpc) is 2.85. The van der Waals surface area contributed by atoms with Crippen LogP contribution >= 0.6 is 11.6 Å². The van der Waals surface area contributed by atoms with E-state index in [0.717, 1.165) is 85.5 Å². The van der Waals surface area contributed by atoms with E-state index in [-0.39, 0.29) is 6.42 Å². The minimum absolute atomic E-state index is 0.221. The lowest BCUT2D eigenvalue weighted by molar-refractivity contribution is -0.119. The quantitative estimate of drug-likeness (QED) is 0.339. The predicted molar refractivity (Wildman–Crippen MR) is 149 cm³/mol. The second-order valence-corrected chi connectivity index (χ2v) is 11.8. The molecule has 1 aromatic heterocycles. The molecule has 0 spiro atoms. The van der Waals surface area contributed by atoms with Gasteiger partial charge in [-0.05, 0) is 44.7 Å². The molecule has 2 heterocycles. The van der Waals surface area contributed by atoms with Crippen LogP contribution in [0.4, 0.5) is 5.82 Å². The number of hydrogen-bond acceptors (Lipinski definition) is 6. The summed E-state index contributed by atoms with van der Waals surface area (Å²) in [6.45, 7) is 3.87. The largest absolute Gasteiger partial charge is 0.355 e. The number of nitrogens with one attached hydrogen (secondary N) is 1. The molecular weight excluding hydrogens is 508 g/mol. The van der Waals surface area contributed by atoms with Crippen molar-refractivity contribution in [3.63, 3.8) is 0 Å². The number of anilines is 1. The van der Waals surface area contributed by atoms with E-state index in [1.165, 1.54) is 5.56 Å². The lowest BCUT2D eigenvalue weighted by Gasteiger charge is -2.30. The van der Waals surface area contributed by atoms with Crippen LogP contribution in [0, 0.1) is 6.92 Å². The molecule has 196 valence electrons. The molecule has 9 heteroatoms. The Morgan fingerprint density at radius 2 is 1.57 bits per heavy atom. The smallest absolute Gasteiger partial charge is 0.233 e. The first kappa shape index (κ1) is 27.1. The standard InChI is InChI=1S/C28H33ClN4O3S/c1-20-10-12-21(13-11-20)27-26(22-14-16-23(29)17-15-22)30-24-8-7-19-33(28(24)31-27)18-6-4-3-5-9-25(34)32-37(2,35)36/h10-17H,3-9,18-19H2,1-2H3,(H,32,34). The third-order valence-electron chi connectivity index (χ3n) is 6.41. The molecule has 1 amide bonds. The molecule has 7 nitrogen and oxygen atoms in total. The van der Waals surface area contributed by atoms with E-state index in [9.17, 15) is 13.2 Å². The molecule has 0 saturated carbocycles. The number of sulfonamides is 1. The highest BCUT2D eigenvalue weighted by Gasteiger charge is 2.23. The molecule has 37 heavy (non-hydrogen) atoms. The Morgan fingerprint density at radius 1 is 0.946 bits per heavy atom. The molecule has 0 atom stereocenters. The zero-order chi connectivity index (χ0) is 26.4. The van der Waals surface area contributed by atoms with Gasteiger partial charge in [0, 0.05) is 35.7 Å². The summed E-state index contributed by atoms with van der Waals surface area (Å²) in [6, 6.07) is 16.1. The van der Waals surface area contributed by atoms with Crippen molar-refractivity contribution in [1.82, 2.24) is 14.7 Å². The van der Waals surface area contributed by atoms with Crippen LogP contribution in [-0.2, 0) is 21.2 Å². The number of fused-ring (bicyclic) bond motifs is 1. The minimum Gasteiger partial charge on any atom is -0.355 e. The van der Waals surface area contributed by atoms with Gasteiger partial charge in [0.2, 0.25) is 15.9 Å². The van der Waals surface area contributed by atoms with Gasteiger partial charge in [-0.2, -0.15) is 0 Å². The highest BCUT2D eigenvalue weighted by molar-refractivity contribution is 7.89. The van der Waals surface area contributed by atoms with Crippen LogP contribution in [0.25, 0.3) is 22.5 Å². The molecule has 0 saturated heterocycles. The number of nitrogens with zero attached hydrogens (tertiary/aromatic N) is 3. The van der Waals surface area contributed by atoms with Crippen molar-refractivity contribution < 1.29 is 13.2 Å². The Balaban J connectivity index is 1.48. The molecule has 0 radical (unpaired) electrons. The van der Waals surface area contributed by atoms with Gasteiger partial charge < -0.3 is 4.90 Å². The van der Waals surface area contributed by atoms with Crippen LogP contribution in [0.2, 0.25) is 5.02 Å². The van der Waals surface area contributed by atoms with Crippen LogP contribution in [0.5, 0.6) is 0 Å². The van der Waals surface area contributed by atoms with Crippen molar-refractivity contribution in [3.8, 4) is 22.5 Å². The number of carbonyl (C=O) groups is 1. The fourth-order valence-electron chi connectivity index (χ4n) is 4.56. The van der Waals surface area contributed by atoms with Crippen LogP contribution < -0.4 is 9.62 Å². The summed E-state index contributed by atoms with van der Waals surface area (Å²) in [5, 5.41) is 0.689. The normalized spacial score (nSPS) is 13.3. The molecule has 2 aromatic carbocycles. The van der Waals surface area contributed by atoms with Crippen molar-refractivity contribution in [1.29, 1.82) is 0 Å². The van der Waals surface area contributed by atoms with Gasteiger partial charge in [0.1, 0.15) is 0 Å². The maximum absolute atomic E-state index is 11.7. The summed E-state index contributed by atoms with van der Waals surface area (Å²) in [7, 11) is -3.49. The Hall–Kier alpha value is -2.97. The van der Waals surface area contributed by atoms with Crippen LogP contribution in [0.3, 0.4) is 0 Å². The molecule has 1 aliphatic heterocycles. The number of amides is 1.